The maximum atomic E-state index is 5.44. The van der Waals surface area contributed by atoms with E-state index in [4.69, 9.17) is 9.47 Å². The highest BCUT2D eigenvalue weighted by molar-refractivity contribution is 5.71. The topological polar surface area (TPSA) is 24.9 Å². The second-order valence-corrected chi connectivity index (χ2v) is 10.1. The third-order valence-electron chi connectivity index (χ3n) is 7.39. The molecule has 0 bridgehead atoms. The van der Waals surface area contributed by atoms with Crippen LogP contribution in [0.4, 0.5) is 11.4 Å². The van der Waals surface area contributed by atoms with Gasteiger partial charge >= 0.3 is 0 Å². The quantitative estimate of drug-likeness (QED) is 0.521. The highest BCUT2D eigenvalue weighted by atomic mass is 16.5. The Bertz CT molecular complexity index is 1040. The van der Waals surface area contributed by atoms with E-state index in [9.17, 15) is 0 Å². The van der Waals surface area contributed by atoms with Crippen molar-refractivity contribution >= 4 is 11.4 Å². The number of benzene rings is 2. The lowest BCUT2D eigenvalue weighted by Crippen LogP contribution is -2.41. The molecule has 4 heteroatoms. The number of anilines is 2. The molecule has 0 radical (unpaired) electrons. The van der Waals surface area contributed by atoms with Crippen LogP contribution in [0.15, 0.2) is 72.5 Å². The molecule has 4 rings (SSSR count). The summed E-state index contributed by atoms with van der Waals surface area (Å²) < 4.78 is 10.9. The number of fused-ring (bicyclic) bond motifs is 2. The van der Waals surface area contributed by atoms with Crippen LogP contribution in [0.1, 0.15) is 38.8 Å². The number of methoxy groups -OCH3 is 2. The Labute approximate surface area is 199 Å². The first-order valence-corrected chi connectivity index (χ1v) is 11.9. The lowest BCUT2D eigenvalue weighted by atomic mass is 9.80. The molecule has 0 saturated heterocycles. The van der Waals surface area contributed by atoms with E-state index < -0.39 is 0 Å². The zero-order chi connectivity index (χ0) is 23.6. The van der Waals surface area contributed by atoms with E-state index in [1.807, 2.05) is 0 Å². The van der Waals surface area contributed by atoms with E-state index in [0.717, 1.165) is 13.1 Å². The maximum absolute atomic E-state index is 5.44. The van der Waals surface area contributed by atoms with Gasteiger partial charge < -0.3 is 19.3 Å². The normalized spacial score (nSPS) is 21.8. The fourth-order valence-electron chi connectivity index (χ4n) is 5.58. The highest BCUT2D eigenvalue weighted by Crippen LogP contribution is 2.48. The Kier molecular flexibility index (Phi) is 6.69. The van der Waals surface area contributed by atoms with Gasteiger partial charge in [-0.2, -0.15) is 0 Å². The Morgan fingerprint density at radius 2 is 1.42 bits per heavy atom. The highest BCUT2D eigenvalue weighted by Gasteiger charge is 2.43. The largest absolute Gasteiger partial charge is 0.383 e. The van der Waals surface area contributed by atoms with Gasteiger partial charge in [-0.25, -0.2) is 0 Å². The molecule has 4 nitrogen and oxygen atoms in total. The van der Waals surface area contributed by atoms with Crippen LogP contribution in [0, 0.1) is 0 Å². The van der Waals surface area contributed by atoms with Gasteiger partial charge in [0.15, 0.2) is 0 Å². The number of nitrogens with zero attached hydrogens (tertiary/aromatic N) is 2. The second kappa shape index (κ2) is 9.36. The lowest BCUT2D eigenvalue weighted by Gasteiger charge is -2.32. The van der Waals surface area contributed by atoms with Gasteiger partial charge in [0.05, 0.1) is 19.3 Å². The van der Waals surface area contributed by atoms with Crippen LogP contribution in [0.25, 0.3) is 0 Å². The summed E-state index contributed by atoms with van der Waals surface area (Å²) in [6.45, 7) is 12.5. The first-order chi connectivity index (χ1) is 15.8. The van der Waals surface area contributed by atoms with Crippen molar-refractivity contribution in [1.29, 1.82) is 0 Å². The fraction of sp³-hybridized carbons (Fsp3) is 0.448. The maximum Gasteiger partial charge on any atom is 0.0642 e. The fourth-order valence-corrected chi connectivity index (χ4v) is 5.58. The van der Waals surface area contributed by atoms with Crippen LogP contribution in [-0.2, 0) is 20.3 Å². The van der Waals surface area contributed by atoms with Crippen molar-refractivity contribution in [3.05, 3.63) is 83.6 Å². The van der Waals surface area contributed by atoms with Crippen LogP contribution in [-0.4, -0.2) is 46.6 Å². The summed E-state index contributed by atoms with van der Waals surface area (Å²) in [6, 6.07) is 17.8. The molecular weight excluding hydrogens is 408 g/mol. The van der Waals surface area contributed by atoms with Crippen molar-refractivity contribution in [2.24, 2.45) is 0 Å². The van der Waals surface area contributed by atoms with Gasteiger partial charge in [-0.1, -0.05) is 76.2 Å². The molecule has 0 N–H and O–H groups in total. The average molecular weight is 447 g/mol. The first-order valence-electron chi connectivity index (χ1n) is 11.9. The van der Waals surface area contributed by atoms with Crippen molar-refractivity contribution in [2.45, 2.75) is 44.6 Å². The minimum Gasteiger partial charge on any atom is -0.383 e. The number of hydrogen-bond acceptors (Lipinski definition) is 4. The Balaban J connectivity index is 1.68. The summed E-state index contributed by atoms with van der Waals surface area (Å²) in [7, 11) is 3.54. The molecule has 0 fully saturated rings. The summed E-state index contributed by atoms with van der Waals surface area (Å²) >= 11 is 0. The first kappa shape index (κ1) is 23.6. The summed E-state index contributed by atoms with van der Waals surface area (Å²) in [5.41, 5.74) is 6.65. The third kappa shape index (κ3) is 4.11. The monoisotopic (exact) mass is 446 g/mol. The van der Waals surface area contributed by atoms with Gasteiger partial charge in [0.25, 0.3) is 0 Å². The zero-order valence-electron chi connectivity index (χ0n) is 21.0. The van der Waals surface area contributed by atoms with Gasteiger partial charge in [0.2, 0.25) is 0 Å². The minimum atomic E-state index is -0.0570. The van der Waals surface area contributed by atoms with E-state index in [0.29, 0.717) is 13.2 Å². The number of para-hydroxylation sites is 2. The van der Waals surface area contributed by atoms with Crippen molar-refractivity contribution in [3.8, 4) is 0 Å². The molecule has 1 atom stereocenters. The zero-order valence-corrected chi connectivity index (χ0v) is 21.0. The van der Waals surface area contributed by atoms with Crippen molar-refractivity contribution in [2.75, 3.05) is 50.3 Å². The number of allylic oxidation sites excluding steroid dienone is 3. The van der Waals surface area contributed by atoms with E-state index in [1.54, 1.807) is 14.2 Å². The SMILES string of the molecule is COCCN1/C(=C\C=C\C2N(CCOC)c3ccccc3C2(C)C)C(C)(C)c2ccccc21. The molecule has 2 aromatic carbocycles. The summed E-state index contributed by atoms with van der Waals surface area (Å²) in [5.74, 6) is 0. The number of rotatable bonds is 8. The Morgan fingerprint density at radius 1 is 0.818 bits per heavy atom. The standard InChI is InChI=1S/C29H38N2O2/c1-28(2)22-12-7-9-14-24(22)30(18-20-32-5)26(28)16-11-17-27-29(3,4)23-13-8-10-15-25(23)31(27)19-21-33-6/h7-17,26H,18-21H2,1-6H3/b16-11+,27-17-. The van der Waals surface area contributed by atoms with E-state index in [1.165, 1.54) is 28.2 Å². The van der Waals surface area contributed by atoms with Crippen LogP contribution in [0.3, 0.4) is 0 Å². The molecule has 0 amide bonds. The van der Waals surface area contributed by atoms with Crippen molar-refractivity contribution < 1.29 is 9.47 Å². The van der Waals surface area contributed by atoms with Crippen LogP contribution < -0.4 is 9.80 Å². The average Bonchev–Trinajstić information content (AvgIpc) is 3.16. The predicted molar refractivity (Wildman–Crippen MR) is 138 cm³/mol. The molecule has 2 aliphatic heterocycles. The lowest BCUT2D eigenvalue weighted by molar-refractivity contribution is 0.203. The van der Waals surface area contributed by atoms with E-state index >= 15 is 0 Å². The molecule has 2 aliphatic rings. The predicted octanol–water partition coefficient (Wildman–Crippen LogP) is 5.68. The van der Waals surface area contributed by atoms with Gasteiger partial charge in [-0.15, -0.1) is 0 Å². The van der Waals surface area contributed by atoms with Crippen LogP contribution in [0.2, 0.25) is 0 Å². The molecule has 0 aliphatic carbocycles. The summed E-state index contributed by atoms with van der Waals surface area (Å²) in [5, 5.41) is 0. The third-order valence-corrected chi connectivity index (χ3v) is 7.39. The van der Waals surface area contributed by atoms with Gasteiger partial charge in [0, 0.05) is 55.2 Å². The Hall–Kier alpha value is -2.56. The molecule has 2 aromatic rings. The van der Waals surface area contributed by atoms with Crippen LogP contribution in [0.5, 0.6) is 0 Å². The molecule has 1 unspecified atom stereocenters. The second-order valence-electron chi connectivity index (χ2n) is 10.1. The molecule has 0 spiro atoms. The van der Waals surface area contributed by atoms with E-state index in [2.05, 4.69) is 104 Å². The number of ether oxygens (including phenoxy) is 2. The smallest absolute Gasteiger partial charge is 0.0642 e. The van der Waals surface area contributed by atoms with Crippen molar-refractivity contribution in [3.63, 3.8) is 0 Å². The summed E-state index contributed by atoms with van der Waals surface area (Å²) in [6.07, 6.45) is 6.94. The molecule has 0 aromatic heterocycles. The van der Waals surface area contributed by atoms with Gasteiger partial charge in [0.1, 0.15) is 0 Å². The van der Waals surface area contributed by atoms with E-state index in [-0.39, 0.29) is 16.9 Å². The van der Waals surface area contributed by atoms with Crippen LogP contribution >= 0.6 is 0 Å². The molecule has 0 saturated carbocycles. The van der Waals surface area contributed by atoms with Gasteiger partial charge in [-0.05, 0) is 29.3 Å². The minimum absolute atomic E-state index is 0.0171. The summed E-state index contributed by atoms with van der Waals surface area (Å²) in [4.78, 5) is 4.91. The molecule has 33 heavy (non-hydrogen) atoms. The number of hydrogen-bond donors (Lipinski definition) is 0. The Morgan fingerprint density at radius 3 is 2.12 bits per heavy atom. The van der Waals surface area contributed by atoms with Crippen molar-refractivity contribution in [1.82, 2.24) is 0 Å². The van der Waals surface area contributed by atoms with Gasteiger partial charge in [-0.3, -0.25) is 0 Å². The molecule has 2 heterocycles. The molecular formula is C29H38N2O2. The molecule has 176 valence electrons.